The molecule has 10 heteroatoms. The molecule has 1 unspecified atom stereocenters. The zero-order valence-corrected chi connectivity index (χ0v) is 20.2. The molecule has 34 heavy (non-hydrogen) atoms. The Morgan fingerprint density at radius 3 is 1.00 bits per heavy atom. The van der Waals surface area contributed by atoms with E-state index in [4.69, 9.17) is 0 Å². The predicted octanol–water partition coefficient (Wildman–Crippen LogP) is -1.34. The van der Waals surface area contributed by atoms with Gasteiger partial charge in [0.15, 0.2) is 0 Å². The molecule has 0 amide bonds. The van der Waals surface area contributed by atoms with E-state index in [1.165, 1.54) is 12.1 Å². The van der Waals surface area contributed by atoms with Gasteiger partial charge in [0.1, 0.15) is 10.1 Å². The topological polar surface area (TPSA) is 127 Å². The van der Waals surface area contributed by atoms with Crippen molar-refractivity contribution in [2.45, 2.75) is 9.79 Å². The third-order valence-corrected chi connectivity index (χ3v) is 6.47. The summed E-state index contributed by atoms with van der Waals surface area (Å²) < 4.78 is 55.1. The Bertz CT molecular complexity index is 1340. The van der Waals surface area contributed by atoms with Gasteiger partial charge in [0.2, 0.25) is 0 Å². The van der Waals surface area contributed by atoms with Crippen LogP contribution in [0.4, 0.5) is 0 Å². The van der Waals surface area contributed by atoms with Crippen molar-refractivity contribution in [1.29, 1.82) is 0 Å². The SMILES string of the molecule is O=S([O-])c1ccc(-c2ccc(-c3ccc(-c4ccc(S(=O)(=O)[O-])cc4)cc3)cc2)cc1.[Li+].[Li+].[OH-]. The van der Waals surface area contributed by atoms with Gasteiger partial charge in [-0.25, -0.2) is 8.42 Å². The maximum atomic E-state index is 11.1. The summed E-state index contributed by atoms with van der Waals surface area (Å²) in [5.74, 6) is 0. The zero-order chi connectivity index (χ0) is 22.0. The first kappa shape index (κ1) is 30.1. The normalized spacial score (nSPS) is 11.4. The summed E-state index contributed by atoms with van der Waals surface area (Å²) in [6, 6.07) is 28.3. The quantitative estimate of drug-likeness (QED) is 0.198. The number of hydrogen-bond acceptors (Lipinski definition) is 6. The molecule has 1 N–H and O–H groups in total. The minimum absolute atomic E-state index is 0. The molecule has 0 aliphatic heterocycles. The summed E-state index contributed by atoms with van der Waals surface area (Å²) in [4.78, 5) is 0.00800. The molecule has 0 spiro atoms. The number of benzene rings is 4. The van der Waals surface area contributed by atoms with E-state index in [1.54, 1.807) is 36.4 Å². The van der Waals surface area contributed by atoms with Crippen LogP contribution >= 0.6 is 0 Å². The molecular formula is C24H17Li2O6S2-. The first-order valence-electron chi connectivity index (χ1n) is 9.28. The summed E-state index contributed by atoms with van der Waals surface area (Å²) in [6.07, 6.45) is 0. The Balaban J connectivity index is 0.00000193. The van der Waals surface area contributed by atoms with Gasteiger partial charge < -0.3 is 14.6 Å². The Morgan fingerprint density at radius 1 is 0.529 bits per heavy atom. The Morgan fingerprint density at radius 2 is 0.765 bits per heavy atom. The van der Waals surface area contributed by atoms with E-state index in [1.807, 2.05) is 48.5 Å². The minimum atomic E-state index is -4.45. The summed E-state index contributed by atoms with van der Waals surface area (Å²) in [7, 11) is -4.45. The Hall–Kier alpha value is -1.95. The molecule has 4 aromatic rings. The second kappa shape index (κ2) is 12.7. The van der Waals surface area contributed by atoms with Crippen molar-refractivity contribution in [3.05, 3.63) is 97.1 Å². The molecule has 0 fully saturated rings. The minimum Gasteiger partial charge on any atom is -0.870 e. The average Bonchev–Trinajstić information content (AvgIpc) is 2.79. The molecule has 4 aromatic carbocycles. The van der Waals surface area contributed by atoms with E-state index < -0.39 is 21.2 Å². The van der Waals surface area contributed by atoms with Crippen LogP contribution in [0.1, 0.15) is 0 Å². The van der Waals surface area contributed by atoms with Gasteiger partial charge in [0.05, 0.1) is 4.90 Å². The molecule has 164 valence electrons. The van der Waals surface area contributed by atoms with E-state index in [0.29, 0.717) is 0 Å². The van der Waals surface area contributed by atoms with E-state index in [2.05, 4.69) is 0 Å². The van der Waals surface area contributed by atoms with Crippen LogP contribution in [0.25, 0.3) is 33.4 Å². The number of hydrogen-bond donors (Lipinski definition) is 0. The summed E-state index contributed by atoms with van der Waals surface area (Å²) in [5.41, 5.74) is 5.69. The monoisotopic (exact) mass is 479 g/mol. The molecule has 0 aliphatic rings. The van der Waals surface area contributed by atoms with Gasteiger partial charge in [-0.05, 0) is 68.7 Å². The fraction of sp³-hybridized carbons (Fsp3) is 0. The predicted molar refractivity (Wildman–Crippen MR) is 120 cm³/mol. The van der Waals surface area contributed by atoms with Crippen molar-refractivity contribution >= 4 is 21.2 Å². The fourth-order valence-electron chi connectivity index (χ4n) is 3.28. The molecular weight excluding hydrogens is 462 g/mol. The van der Waals surface area contributed by atoms with Gasteiger partial charge in [0, 0.05) is 4.90 Å². The van der Waals surface area contributed by atoms with Gasteiger partial charge in [-0.1, -0.05) is 72.8 Å². The van der Waals surface area contributed by atoms with Crippen LogP contribution in [0.15, 0.2) is 107 Å². The smallest absolute Gasteiger partial charge is 0.870 e. The molecule has 0 saturated carbocycles. The van der Waals surface area contributed by atoms with Crippen LogP contribution in [0.2, 0.25) is 0 Å². The van der Waals surface area contributed by atoms with Crippen LogP contribution in [0, 0.1) is 0 Å². The first-order valence-corrected chi connectivity index (χ1v) is 11.8. The van der Waals surface area contributed by atoms with Gasteiger partial charge in [0.25, 0.3) is 0 Å². The van der Waals surface area contributed by atoms with Crippen molar-refractivity contribution < 1.29 is 64.9 Å². The largest absolute Gasteiger partial charge is 1.00 e. The van der Waals surface area contributed by atoms with Crippen LogP contribution in [0.3, 0.4) is 0 Å². The Kier molecular flexibility index (Phi) is 11.2. The standard InChI is InChI=1S/C24H18O5S2.2Li.H2O/c25-30(26)23-13-9-21(10-14-23)19-5-1-17(2-6-19)18-3-7-20(8-4-18)22-11-15-24(16-12-22)31(27,28)29;;;/h1-16H,(H,25,26)(H,27,28,29);;;1H2/q;2*+1;/p-3. The first-order chi connectivity index (χ1) is 14.8. The van der Waals surface area contributed by atoms with E-state index in [0.717, 1.165) is 33.4 Å². The average molecular weight is 479 g/mol. The second-order valence-electron chi connectivity index (χ2n) is 6.89. The van der Waals surface area contributed by atoms with Gasteiger partial charge in [-0.2, -0.15) is 0 Å². The van der Waals surface area contributed by atoms with Crippen molar-refractivity contribution in [1.82, 2.24) is 0 Å². The molecule has 4 rings (SSSR count). The molecule has 0 radical (unpaired) electrons. The van der Waals surface area contributed by atoms with Crippen LogP contribution < -0.4 is 37.7 Å². The summed E-state index contributed by atoms with van der Waals surface area (Å²) in [5, 5.41) is 0. The van der Waals surface area contributed by atoms with Crippen molar-refractivity contribution in [2.24, 2.45) is 0 Å². The van der Waals surface area contributed by atoms with Crippen LogP contribution in [-0.4, -0.2) is 27.2 Å². The van der Waals surface area contributed by atoms with Crippen LogP contribution in [0.5, 0.6) is 0 Å². The molecule has 6 nitrogen and oxygen atoms in total. The van der Waals surface area contributed by atoms with Crippen molar-refractivity contribution in [3.8, 4) is 33.4 Å². The molecule has 0 aromatic heterocycles. The second-order valence-corrected chi connectivity index (χ2v) is 9.21. The van der Waals surface area contributed by atoms with Crippen molar-refractivity contribution in [3.63, 3.8) is 0 Å². The van der Waals surface area contributed by atoms with Gasteiger partial charge >= 0.3 is 37.7 Å². The van der Waals surface area contributed by atoms with Gasteiger partial charge in [-0.3, -0.25) is 4.21 Å². The van der Waals surface area contributed by atoms with Crippen LogP contribution in [-0.2, 0) is 21.2 Å². The maximum absolute atomic E-state index is 11.1. The third-order valence-electron chi connectivity index (χ3n) is 4.96. The fourth-order valence-corrected chi connectivity index (χ4v) is 4.11. The molecule has 1 atom stereocenters. The summed E-state index contributed by atoms with van der Waals surface area (Å²) >= 11 is -2.23. The molecule has 0 saturated heterocycles. The third kappa shape index (κ3) is 7.03. The molecule has 0 heterocycles. The van der Waals surface area contributed by atoms with E-state index in [9.17, 15) is 21.7 Å². The van der Waals surface area contributed by atoms with Crippen molar-refractivity contribution in [2.75, 3.05) is 0 Å². The van der Waals surface area contributed by atoms with E-state index >= 15 is 0 Å². The molecule has 0 aliphatic carbocycles. The maximum Gasteiger partial charge on any atom is 1.00 e. The summed E-state index contributed by atoms with van der Waals surface area (Å²) in [6.45, 7) is 0. The molecule has 0 bridgehead atoms. The zero-order valence-electron chi connectivity index (χ0n) is 18.5. The van der Waals surface area contributed by atoms with Gasteiger partial charge in [-0.15, -0.1) is 0 Å². The number of rotatable bonds is 5. The Labute approximate surface area is 225 Å². The van der Waals surface area contributed by atoms with E-state index in [-0.39, 0.29) is 53.0 Å².